The van der Waals surface area contributed by atoms with E-state index in [1.54, 1.807) is 11.8 Å². The molecule has 0 unspecified atom stereocenters. The van der Waals surface area contributed by atoms with Crippen LogP contribution in [-0.4, -0.2) is 30.7 Å². The molecule has 1 atom stereocenters. The summed E-state index contributed by atoms with van der Waals surface area (Å²) in [4.78, 5) is 13.8. The fourth-order valence-corrected chi connectivity index (χ4v) is 4.09. The zero-order chi connectivity index (χ0) is 20.3. The van der Waals surface area contributed by atoms with Crippen molar-refractivity contribution in [2.75, 3.05) is 5.32 Å². The van der Waals surface area contributed by atoms with Gasteiger partial charge in [0.2, 0.25) is 0 Å². The maximum Gasteiger partial charge on any atom is 0.188 e. The van der Waals surface area contributed by atoms with Gasteiger partial charge in [0.25, 0.3) is 0 Å². The molecule has 8 heteroatoms. The van der Waals surface area contributed by atoms with Crippen LogP contribution in [0.4, 0.5) is 5.69 Å². The molecule has 0 spiro atoms. The first-order valence-electron chi connectivity index (χ1n) is 9.33. The van der Waals surface area contributed by atoms with Gasteiger partial charge in [-0.3, -0.25) is 0 Å². The molecular weight excluding hydrogens is 388 g/mol. The highest BCUT2D eigenvalue weighted by atomic mass is 32.2. The molecule has 0 bridgehead atoms. The summed E-state index contributed by atoms with van der Waals surface area (Å²) in [6, 6.07) is 8.45. The van der Waals surface area contributed by atoms with Crippen LogP contribution in [0.25, 0.3) is 11.0 Å². The molecule has 0 amide bonds. The van der Waals surface area contributed by atoms with E-state index in [-0.39, 0.29) is 0 Å². The number of benzene rings is 1. The molecule has 3 aromatic rings. The molecule has 0 saturated carbocycles. The first kappa shape index (κ1) is 20.5. The minimum Gasteiger partial charge on any atom is -0.360 e. The maximum absolute atomic E-state index is 5.38. The van der Waals surface area contributed by atoms with Crippen LogP contribution >= 0.6 is 24.0 Å². The second kappa shape index (κ2) is 8.87. The summed E-state index contributed by atoms with van der Waals surface area (Å²) in [5.74, 6) is 1.70. The number of thioether (sulfide) groups is 1. The van der Waals surface area contributed by atoms with E-state index < -0.39 is 0 Å². The molecule has 3 rings (SSSR count). The number of nitrogens with zero attached hydrogens (tertiary/aromatic N) is 4. The van der Waals surface area contributed by atoms with Gasteiger partial charge in [0.1, 0.15) is 5.82 Å². The van der Waals surface area contributed by atoms with Crippen LogP contribution in [0.2, 0.25) is 0 Å². The van der Waals surface area contributed by atoms with Gasteiger partial charge in [-0.05, 0) is 63.7 Å². The first-order chi connectivity index (χ1) is 13.4. The van der Waals surface area contributed by atoms with Crippen molar-refractivity contribution < 1.29 is 0 Å². The van der Waals surface area contributed by atoms with Crippen LogP contribution in [0, 0.1) is 13.8 Å². The van der Waals surface area contributed by atoms with Gasteiger partial charge in [-0.25, -0.2) is 15.0 Å². The van der Waals surface area contributed by atoms with Crippen LogP contribution in [-0.2, 0) is 12.8 Å². The predicted molar refractivity (Wildman–Crippen MR) is 121 cm³/mol. The van der Waals surface area contributed by atoms with Gasteiger partial charge in [0.15, 0.2) is 10.3 Å². The molecule has 28 heavy (non-hydrogen) atoms. The number of hydrogen-bond acceptors (Lipinski definition) is 5. The normalized spacial score (nSPS) is 12.2. The zero-order valence-electron chi connectivity index (χ0n) is 16.9. The SMILES string of the molecule is CC[C@H](C)NC(=S)Nc1ccc2c(c1)nc(CSc1nc(C)cc(C)n1)n2C. The van der Waals surface area contributed by atoms with Crippen molar-refractivity contribution >= 4 is 45.8 Å². The molecule has 148 valence electrons. The van der Waals surface area contributed by atoms with Gasteiger partial charge in [-0.15, -0.1) is 0 Å². The summed E-state index contributed by atoms with van der Waals surface area (Å²) in [7, 11) is 2.04. The second-order valence-corrected chi connectivity index (χ2v) is 8.27. The molecule has 2 aromatic heterocycles. The monoisotopic (exact) mass is 414 g/mol. The Balaban J connectivity index is 1.74. The van der Waals surface area contributed by atoms with Crippen molar-refractivity contribution in [3.8, 4) is 0 Å². The standard InChI is InChI=1S/C20H26N6S2/c1-6-12(2)21-19(27)24-15-7-8-17-16(10-15)25-18(26(17)5)11-28-20-22-13(3)9-14(4)23-20/h7-10,12H,6,11H2,1-5H3,(H2,21,24,27)/t12-/m0/s1. The van der Waals surface area contributed by atoms with Gasteiger partial charge >= 0.3 is 0 Å². The van der Waals surface area contributed by atoms with Crippen molar-refractivity contribution in [1.29, 1.82) is 0 Å². The Hall–Kier alpha value is -2.19. The highest BCUT2D eigenvalue weighted by Gasteiger charge is 2.11. The second-order valence-electron chi connectivity index (χ2n) is 6.92. The van der Waals surface area contributed by atoms with E-state index in [1.165, 1.54) is 0 Å². The molecular formula is C20H26N6S2. The third-order valence-corrected chi connectivity index (χ3v) is 5.58. The molecule has 0 aliphatic rings. The van der Waals surface area contributed by atoms with Crippen molar-refractivity contribution in [2.45, 2.75) is 51.1 Å². The van der Waals surface area contributed by atoms with Crippen molar-refractivity contribution in [3.63, 3.8) is 0 Å². The summed E-state index contributed by atoms with van der Waals surface area (Å²) >= 11 is 6.99. The van der Waals surface area contributed by atoms with Crippen LogP contribution in [0.5, 0.6) is 0 Å². The summed E-state index contributed by atoms with van der Waals surface area (Å²) in [6.07, 6.45) is 1.02. The number of aryl methyl sites for hydroxylation is 3. The number of fused-ring (bicyclic) bond motifs is 1. The topological polar surface area (TPSA) is 67.7 Å². The van der Waals surface area contributed by atoms with Gasteiger partial charge in [-0.1, -0.05) is 18.7 Å². The van der Waals surface area contributed by atoms with E-state index in [0.717, 1.165) is 45.5 Å². The largest absolute Gasteiger partial charge is 0.360 e. The lowest BCUT2D eigenvalue weighted by atomic mass is 10.2. The fourth-order valence-electron chi connectivity index (χ4n) is 2.84. The lowest BCUT2D eigenvalue weighted by Crippen LogP contribution is -2.35. The van der Waals surface area contributed by atoms with Crippen molar-refractivity contribution in [3.05, 3.63) is 41.5 Å². The number of hydrogen-bond donors (Lipinski definition) is 2. The molecule has 0 aliphatic carbocycles. The van der Waals surface area contributed by atoms with E-state index >= 15 is 0 Å². The Kier molecular flexibility index (Phi) is 6.51. The lowest BCUT2D eigenvalue weighted by Gasteiger charge is -2.15. The summed E-state index contributed by atoms with van der Waals surface area (Å²) < 4.78 is 2.12. The van der Waals surface area contributed by atoms with Crippen molar-refractivity contribution in [2.24, 2.45) is 7.05 Å². The molecule has 1 aromatic carbocycles. The van der Waals surface area contributed by atoms with Gasteiger partial charge in [-0.2, -0.15) is 0 Å². The number of anilines is 1. The van der Waals surface area contributed by atoms with Crippen LogP contribution in [0.1, 0.15) is 37.5 Å². The highest BCUT2D eigenvalue weighted by molar-refractivity contribution is 7.98. The summed E-state index contributed by atoms with van der Waals surface area (Å²) in [5, 5.41) is 7.93. The number of thiocarbonyl (C=S) groups is 1. The molecule has 6 nitrogen and oxygen atoms in total. The maximum atomic E-state index is 5.38. The molecule has 2 N–H and O–H groups in total. The lowest BCUT2D eigenvalue weighted by molar-refractivity contribution is 0.646. The van der Waals surface area contributed by atoms with Gasteiger partial charge < -0.3 is 15.2 Å². The summed E-state index contributed by atoms with van der Waals surface area (Å²) in [6.45, 7) is 8.22. The Morgan fingerprint density at radius 1 is 1.18 bits per heavy atom. The molecule has 0 fully saturated rings. The minimum atomic E-state index is 0.342. The highest BCUT2D eigenvalue weighted by Crippen LogP contribution is 2.24. The molecule has 2 heterocycles. The van der Waals surface area contributed by atoms with Crippen LogP contribution in [0.3, 0.4) is 0 Å². The first-order valence-corrected chi connectivity index (χ1v) is 10.7. The zero-order valence-corrected chi connectivity index (χ0v) is 18.5. The van der Waals surface area contributed by atoms with E-state index in [1.807, 2.05) is 39.1 Å². The average molecular weight is 415 g/mol. The Morgan fingerprint density at radius 2 is 1.89 bits per heavy atom. The number of rotatable bonds is 6. The van der Waals surface area contributed by atoms with Gasteiger partial charge in [0, 0.05) is 30.2 Å². The molecule has 0 saturated heterocycles. The van der Waals surface area contributed by atoms with E-state index in [2.05, 4.69) is 45.1 Å². The fraction of sp³-hybridized carbons (Fsp3) is 0.400. The Morgan fingerprint density at radius 3 is 2.57 bits per heavy atom. The van der Waals surface area contributed by atoms with E-state index in [4.69, 9.17) is 17.2 Å². The Labute approximate surface area is 175 Å². The summed E-state index contributed by atoms with van der Waals surface area (Å²) in [5.41, 5.74) is 4.93. The number of nitrogens with one attached hydrogen (secondary N) is 2. The van der Waals surface area contributed by atoms with E-state index in [9.17, 15) is 0 Å². The Bertz CT molecular complexity index is 978. The average Bonchev–Trinajstić information content (AvgIpc) is 2.94. The number of imidazole rings is 1. The molecule has 0 radical (unpaired) electrons. The van der Waals surface area contributed by atoms with Crippen LogP contribution < -0.4 is 10.6 Å². The molecule has 0 aliphatic heterocycles. The van der Waals surface area contributed by atoms with E-state index in [0.29, 0.717) is 16.9 Å². The van der Waals surface area contributed by atoms with Gasteiger partial charge in [0.05, 0.1) is 16.8 Å². The van der Waals surface area contributed by atoms with Crippen molar-refractivity contribution in [1.82, 2.24) is 24.8 Å². The third kappa shape index (κ3) is 4.99. The van der Waals surface area contributed by atoms with Crippen LogP contribution in [0.15, 0.2) is 29.4 Å². The third-order valence-electron chi connectivity index (χ3n) is 4.51. The predicted octanol–water partition coefficient (Wildman–Crippen LogP) is 4.36. The quantitative estimate of drug-likeness (QED) is 0.353. The smallest absolute Gasteiger partial charge is 0.188 e. The number of aromatic nitrogens is 4. The minimum absolute atomic E-state index is 0.342.